The van der Waals surface area contributed by atoms with Crippen LogP contribution in [0, 0.1) is 12.8 Å². The van der Waals surface area contributed by atoms with Gasteiger partial charge < -0.3 is 10.2 Å². The predicted molar refractivity (Wildman–Crippen MR) is 108 cm³/mol. The second-order valence-corrected chi connectivity index (χ2v) is 8.45. The van der Waals surface area contributed by atoms with E-state index in [1.807, 2.05) is 42.2 Å². The SMILES string of the molecule is Cc1cc2n(n1)[C@@H](C(F)(F)F)C[C@@H](C1CCN(C(=O)[C@@H](C)c3ccccc3)CC1)N2. The molecule has 3 heterocycles. The van der Waals surface area contributed by atoms with Crippen LogP contribution in [0.5, 0.6) is 0 Å². The van der Waals surface area contributed by atoms with Gasteiger partial charge in [-0.3, -0.25) is 4.79 Å². The first-order valence-corrected chi connectivity index (χ1v) is 10.5. The molecule has 1 aromatic carbocycles. The summed E-state index contributed by atoms with van der Waals surface area (Å²) >= 11 is 0. The van der Waals surface area contributed by atoms with Gasteiger partial charge in [0.15, 0.2) is 6.04 Å². The number of aryl methyl sites for hydroxylation is 1. The average Bonchev–Trinajstić information content (AvgIpc) is 3.12. The molecule has 1 saturated heterocycles. The molecule has 0 aliphatic carbocycles. The summed E-state index contributed by atoms with van der Waals surface area (Å²) in [6.07, 6.45) is -2.97. The molecule has 30 heavy (non-hydrogen) atoms. The number of fused-ring (bicyclic) bond motifs is 1. The average molecular weight is 420 g/mol. The van der Waals surface area contributed by atoms with Crippen LogP contribution >= 0.6 is 0 Å². The van der Waals surface area contributed by atoms with Crippen LogP contribution in [-0.4, -0.2) is 45.9 Å². The lowest BCUT2D eigenvalue weighted by molar-refractivity contribution is -0.174. The number of amides is 1. The largest absolute Gasteiger partial charge is 0.410 e. The second kappa shape index (κ2) is 7.96. The highest BCUT2D eigenvalue weighted by molar-refractivity contribution is 5.83. The van der Waals surface area contributed by atoms with Crippen molar-refractivity contribution in [1.29, 1.82) is 0 Å². The van der Waals surface area contributed by atoms with Crippen molar-refractivity contribution in [3.63, 3.8) is 0 Å². The van der Waals surface area contributed by atoms with E-state index in [-0.39, 0.29) is 30.2 Å². The van der Waals surface area contributed by atoms with Crippen molar-refractivity contribution in [2.24, 2.45) is 5.92 Å². The number of nitrogens with one attached hydrogen (secondary N) is 1. The van der Waals surface area contributed by atoms with Gasteiger partial charge in [-0.2, -0.15) is 18.3 Å². The molecule has 0 spiro atoms. The number of hydrogen-bond acceptors (Lipinski definition) is 3. The topological polar surface area (TPSA) is 50.2 Å². The van der Waals surface area contributed by atoms with Crippen LogP contribution in [0.1, 0.15) is 49.4 Å². The van der Waals surface area contributed by atoms with Gasteiger partial charge in [-0.05, 0) is 44.6 Å². The monoisotopic (exact) mass is 420 g/mol. The Morgan fingerprint density at radius 3 is 2.50 bits per heavy atom. The zero-order chi connectivity index (χ0) is 21.5. The highest BCUT2D eigenvalue weighted by Crippen LogP contribution is 2.42. The highest BCUT2D eigenvalue weighted by Gasteiger charge is 2.47. The van der Waals surface area contributed by atoms with Gasteiger partial charge in [0.05, 0.1) is 11.6 Å². The van der Waals surface area contributed by atoms with Gasteiger partial charge >= 0.3 is 6.18 Å². The Kier molecular flexibility index (Phi) is 5.51. The quantitative estimate of drug-likeness (QED) is 0.794. The number of piperidine rings is 1. The molecule has 3 atom stereocenters. The first kappa shape index (κ1) is 20.8. The Balaban J connectivity index is 1.41. The zero-order valence-corrected chi connectivity index (χ0v) is 17.2. The maximum Gasteiger partial charge on any atom is 0.410 e. The summed E-state index contributed by atoms with van der Waals surface area (Å²) in [7, 11) is 0. The van der Waals surface area contributed by atoms with Gasteiger partial charge in [0, 0.05) is 25.2 Å². The summed E-state index contributed by atoms with van der Waals surface area (Å²) in [5.74, 6) is 0.387. The van der Waals surface area contributed by atoms with E-state index in [9.17, 15) is 18.0 Å². The molecule has 0 bridgehead atoms. The van der Waals surface area contributed by atoms with Crippen LogP contribution < -0.4 is 5.32 Å². The molecular formula is C22H27F3N4O. The first-order chi connectivity index (χ1) is 14.2. The summed E-state index contributed by atoms with van der Waals surface area (Å²) in [6, 6.07) is 9.45. The van der Waals surface area contributed by atoms with Crippen molar-refractivity contribution in [2.45, 2.75) is 57.3 Å². The Morgan fingerprint density at radius 1 is 1.20 bits per heavy atom. The Morgan fingerprint density at radius 2 is 1.87 bits per heavy atom. The number of benzene rings is 1. The molecule has 1 N–H and O–H groups in total. The molecule has 2 aliphatic rings. The molecule has 5 nitrogen and oxygen atoms in total. The lowest BCUT2D eigenvalue weighted by Crippen LogP contribution is -2.47. The lowest BCUT2D eigenvalue weighted by Gasteiger charge is -2.41. The number of rotatable bonds is 3. The van der Waals surface area contributed by atoms with E-state index in [0.717, 1.165) is 10.2 Å². The van der Waals surface area contributed by atoms with Crippen molar-refractivity contribution in [3.05, 3.63) is 47.7 Å². The fraction of sp³-hybridized carbons (Fsp3) is 0.545. The van der Waals surface area contributed by atoms with Gasteiger partial charge in [-0.15, -0.1) is 0 Å². The van der Waals surface area contributed by atoms with Crippen molar-refractivity contribution in [3.8, 4) is 0 Å². The molecule has 4 rings (SSSR count). The molecular weight excluding hydrogens is 393 g/mol. The first-order valence-electron chi connectivity index (χ1n) is 10.5. The van der Waals surface area contributed by atoms with Gasteiger partial charge in [0.2, 0.25) is 5.91 Å². The standard InChI is InChI=1S/C22H27F3N4O/c1-14-12-20-26-18(13-19(22(23,24)25)29(20)27-14)17-8-10-28(11-9-17)21(30)15(2)16-6-4-3-5-7-16/h3-7,12,15,17-19,26H,8-11,13H2,1-2H3/t15-,18-,19+/m0/s1. The number of nitrogens with zero attached hydrogens (tertiary/aromatic N) is 3. The Hall–Kier alpha value is -2.51. The number of halogens is 3. The summed E-state index contributed by atoms with van der Waals surface area (Å²) in [6.45, 7) is 4.76. The van der Waals surface area contributed by atoms with E-state index in [2.05, 4.69) is 10.4 Å². The van der Waals surface area contributed by atoms with Gasteiger partial charge in [-0.25, -0.2) is 4.68 Å². The van der Waals surface area contributed by atoms with Crippen LogP contribution in [0.4, 0.5) is 19.0 Å². The summed E-state index contributed by atoms with van der Waals surface area (Å²) in [5.41, 5.74) is 1.55. The fourth-order valence-corrected chi connectivity index (χ4v) is 4.71. The summed E-state index contributed by atoms with van der Waals surface area (Å²) in [5, 5.41) is 7.32. The van der Waals surface area contributed by atoms with Crippen molar-refractivity contribution >= 4 is 11.7 Å². The van der Waals surface area contributed by atoms with Crippen molar-refractivity contribution in [1.82, 2.24) is 14.7 Å². The lowest BCUT2D eigenvalue weighted by atomic mass is 9.84. The van der Waals surface area contributed by atoms with Crippen molar-refractivity contribution < 1.29 is 18.0 Å². The van der Waals surface area contributed by atoms with E-state index in [4.69, 9.17) is 0 Å². The van der Waals surface area contributed by atoms with E-state index in [1.165, 1.54) is 0 Å². The number of carbonyl (C=O) groups excluding carboxylic acids is 1. The maximum absolute atomic E-state index is 13.6. The van der Waals surface area contributed by atoms with E-state index in [1.54, 1.807) is 13.0 Å². The second-order valence-electron chi connectivity index (χ2n) is 8.45. The molecule has 162 valence electrons. The minimum Gasteiger partial charge on any atom is -0.367 e. The predicted octanol–water partition coefficient (Wildman–Crippen LogP) is 4.52. The van der Waals surface area contributed by atoms with Gasteiger partial charge in [-0.1, -0.05) is 30.3 Å². The normalized spacial score (nSPS) is 23.6. The minimum absolute atomic E-state index is 0.0311. The van der Waals surface area contributed by atoms with E-state index < -0.39 is 12.2 Å². The van der Waals surface area contributed by atoms with Crippen LogP contribution in [0.3, 0.4) is 0 Å². The van der Waals surface area contributed by atoms with Crippen LogP contribution in [-0.2, 0) is 4.79 Å². The fourth-order valence-electron chi connectivity index (χ4n) is 4.71. The number of hydrogen-bond donors (Lipinski definition) is 1. The third kappa shape index (κ3) is 4.04. The maximum atomic E-state index is 13.6. The number of anilines is 1. The zero-order valence-electron chi connectivity index (χ0n) is 17.2. The number of aromatic nitrogens is 2. The summed E-state index contributed by atoms with van der Waals surface area (Å²) in [4.78, 5) is 14.7. The molecule has 2 aliphatic heterocycles. The van der Waals surface area contributed by atoms with Crippen molar-refractivity contribution in [2.75, 3.05) is 18.4 Å². The number of alkyl halides is 3. The highest BCUT2D eigenvalue weighted by atomic mass is 19.4. The third-order valence-electron chi connectivity index (χ3n) is 6.43. The molecule has 1 aromatic heterocycles. The van der Waals surface area contributed by atoms with E-state index >= 15 is 0 Å². The van der Waals surface area contributed by atoms with Crippen LogP contribution in [0.15, 0.2) is 36.4 Å². The molecule has 1 amide bonds. The van der Waals surface area contributed by atoms with E-state index in [0.29, 0.717) is 37.4 Å². The Bertz CT molecular complexity index is 888. The summed E-state index contributed by atoms with van der Waals surface area (Å²) < 4.78 is 42.0. The van der Waals surface area contributed by atoms with Gasteiger partial charge in [0.1, 0.15) is 5.82 Å². The molecule has 0 saturated carbocycles. The van der Waals surface area contributed by atoms with Gasteiger partial charge in [0.25, 0.3) is 0 Å². The third-order valence-corrected chi connectivity index (χ3v) is 6.43. The minimum atomic E-state index is -4.34. The molecule has 2 aromatic rings. The molecule has 0 unspecified atom stereocenters. The Labute approximate surface area is 174 Å². The van der Waals surface area contributed by atoms with Crippen LogP contribution in [0.2, 0.25) is 0 Å². The molecule has 8 heteroatoms. The molecule has 1 fully saturated rings. The number of likely N-dealkylation sites (tertiary alicyclic amines) is 1. The molecule has 0 radical (unpaired) electrons. The smallest absolute Gasteiger partial charge is 0.367 e. The van der Waals surface area contributed by atoms with Crippen LogP contribution in [0.25, 0.3) is 0 Å². The number of carbonyl (C=O) groups is 1.